The minimum atomic E-state index is -0.484. The normalized spacial score (nSPS) is 11.5. The Bertz CT molecular complexity index is 2320. The van der Waals surface area contributed by atoms with Crippen LogP contribution in [-0.4, -0.2) is 7.11 Å². The summed E-state index contributed by atoms with van der Waals surface area (Å²) in [5.74, 6) is 1.97. The second-order valence-corrected chi connectivity index (χ2v) is 12.3. The summed E-state index contributed by atoms with van der Waals surface area (Å²) in [7, 11) is 1.62. The standard InChI is InChI=1S/C46H38O6/c1-3-37(36-24-25-39(41(26-36)48-2)49-29-32-16-8-4-9-17-32)44-42(50-30-33-18-10-5-11-19-33)28-43(51-31-34-20-12-6-13-21-34)45-38(47)27-40(52-46(44)45)35-22-14-7-15-23-35/h3-28,37H,1,29-31H2,2H3/t37-/m0/s1. The average Bonchev–Trinajstić information content (AvgIpc) is 3.20. The van der Waals surface area contributed by atoms with Gasteiger partial charge in [-0.05, 0) is 34.4 Å². The topological polar surface area (TPSA) is 67.1 Å². The highest BCUT2D eigenvalue weighted by Gasteiger charge is 2.27. The Labute approximate surface area is 303 Å². The van der Waals surface area contributed by atoms with E-state index in [1.807, 2.05) is 146 Å². The van der Waals surface area contributed by atoms with Gasteiger partial charge in [0, 0.05) is 29.2 Å². The monoisotopic (exact) mass is 686 g/mol. The molecule has 0 bridgehead atoms. The second kappa shape index (κ2) is 16.0. The maximum atomic E-state index is 14.2. The molecule has 7 rings (SSSR count). The summed E-state index contributed by atoms with van der Waals surface area (Å²) in [5.41, 5.74) is 5.37. The second-order valence-electron chi connectivity index (χ2n) is 12.3. The van der Waals surface area contributed by atoms with Gasteiger partial charge in [-0.2, -0.15) is 0 Å². The molecule has 0 unspecified atom stereocenters. The molecular weight excluding hydrogens is 649 g/mol. The van der Waals surface area contributed by atoms with E-state index in [4.69, 9.17) is 23.4 Å². The van der Waals surface area contributed by atoms with E-state index in [1.54, 1.807) is 13.2 Å². The van der Waals surface area contributed by atoms with E-state index in [-0.39, 0.29) is 18.6 Å². The predicted octanol–water partition coefficient (Wildman–Crippen LogP) is 10.5. The van der Waals surface area contributed by atoms with Gasteiger partial charge in [0.05, 0.1) is 7.11 Å². The Kier molecular flexibility index (Phi) is 10.4. The van der Waals surface area contributed by atoms with Crippen LogP contribution in [0.15, 0.2) is 174 Å². The fourth-order valence-corrected chi connectivity index (χ4v) is 6.19. The fourth-order valence-electron chi connectivity index (χ4n) is 6.19. The Hall–Kier alpha value is -6.53. The van der Waals surface area contributed by atoms with Crippen LogP contribution in [0.3, 0.4) is 0 Å². The highest BCUT2D eigenvalue weighted by Crippen LogP contribution is 2.45. The largest absolute Gasteiger partial charge is 0.493 e. The number of hydrogen-bond acceptors (Lipinski definition) is 6. The van der Waals surface area contributed by atoms with Crippen molar-refractivity contribution in [2.24, 2.45) is 0 Å². The molecule has 0 aliphatic heterocycles. The summed E-state index contributed by atoms with van der Waals surface area (Å²) in [6.07, 6.45) is 1.82. The molecule has 0 saturated carbocycles. The first-order valence-corrected chi connectivity index (χ1v) is 17.1. The minimum absolute atomic E-state index is 0.232. The van der Waals surface area contributed by atoms with Crippen LogP contribution in [0.2, 0.25) is 0 Å². The molecule has 0 aliphatic carbocycles. The molecule has 0 aliphatic rings. The van der Waals surface area contributed by atoms with E-state index in [1.165, 1.54) is 6.07 Å². The van der Waals surface area contributed by atoms with E-state index in [9.17, 15) is 4.79 Å². The number of rotatable bonds is 14. The lowest BCUT2D eigenvalue weighted by atomic mass is 9.88. The molecule has 0 N–H and O–H groups in total. The molecule has 6 nitrogen and oxygen atoms in total. The van der Waals surface area contributed by atoms with Crippen molar-refractivity contribution in [3.05, 3.63) is 202 Å². The minimum Gasteiger partial charge on any atom is -0.493 e. The lowest BCUT2D eigenvalue weighted by molar-refractivity contribution is 0.284. The van der Waals surface area contributed by atoms with Crippen LogP contribution < -0.4 is 24.4 Å². The van der Waals surface area contributed by atoms with Crippen LogP contribution >= 0.6 is 0 Å². The fraction of sp³-hybridized carbons (Fsp3) is 0.109. The van der Waals surface area contributed by atoms with Gasteiger partial charge in [-0.15, -0.1) is 6.58 Å². The van der Waals surface area contributed by atoms with Crippen molar-refractivity contribution in [2.75, 3.05) is 7.11 Å². The molecule has 0 fully saturated rings. The van der Waals surface area contributed by atoms with Crippen LogP contribution in [0.5, 0.6) is 23.0 Å². The van der Waals surface area contributed by atoms with Gasteiger partial charge in [-0.25, -0.2) is 0 Å². The van der Waals surface area contributed by atoms with Crippen LogP contribution in [0, 0.1) is 0 Å². The van der Waals surface area contributed by atoms with Crippen molar-refractivity contribution < 1.29 is 23.4 Å². The lowest BCUT2D eigenvalue weighted by Gasteiger charge is -2.23. The van der Waals surface area contributed by atoms with E-state index in [0.717, 1.165) is 27.8 Å². The van der Waals surface area contributed by atoms with Crippen molar-refractivity contribution in [3.63, 3.8) is 0 Å². The van der Waals surface area contributed by atoms with Gasteiger partial charge in [0.2, 0.25) is 0 Å². The molecule has 7 aromatic rings. The molecule has 6 heteroatoms. The zero-order valence-electron chi connectivity index (χ0n) is 28.9. The van der Waals surface area contributed by atoms with Gasteiger partial charge >= 0.3 is 0 Å². The first-order chi connectivity index (χ1) is 25.6. The summed E-state index contributed by atoms with van der Waals surface area (Å²) >= 11 is 0. The highest BCUT2D eigenvalue weighted by molar-refractivity contribution is 5.91. The highest BCUT2D eigenvalue weighted by atomic mass is 16.5. The van der Waals surface area contributed by atoms with E-state index in [0.29, 0.717) is 51.9 Å². The molecule has 1 aromatic heterocycles. The van der Waals surface area contributed by atoms with Crippen LogP contribution in [0.25, 0.3) is 22.3 Å². The first-order valence-electron chi connectivity index (χ1n) is 17.1. The van der Waals surface area contributed by atoms with Gasteiger partial charge in [-0.3, -0.25) is 4.79 Å². The van der Waals surface area contributed by atoms with Gasteiger partial charge < -0.3 is 23.4 Å². The number of methoxy groups -OCH3 is 1. The summed E-state index contributed by atoms with van der Waals surface area (Å²) in [6, 6.07) is 48.4. The maximum absolute atomic E-state index is 14.2. The summed E-state index contributed by atoms with van der Waals surface area (Å²) in [6.45, 7) is 5.17. The van der Waals surface area contributed by atoms with E-state index >= 15 is 0 Å². The summed E-state index contributed by atoms with van der Waals surface area (Å²) in [4.78, 5) is 14.2. The van der Waals surface area contributed by atoms with E-state index < -0.39 is 5.92 Å². The number of allylic oxidation sites excluding steroid dienone is 1. The first kappa shape index (κ1) is 33.9. The molecule has 52 heavy (non-hydrogen) atoms. The zero-order valence-corrected chi connectivity index (χ0v) is 28.9. The zero-order chi connectivity index (χ0) is 35.7. The van der Waals surface area contributed by atoms with Crippen LogP contribution in [0.4, 0.5) is 0 Å². The number of benzene rings is 6. The molecule has 0 saturated heterocycles. The summed E-state index contributed by atoms with van der Waals surface area (Å²) < 4.78 is 31.8. The SMILES string of the molecule is C=C[C@@H](c1ccc(OCc2ccccc2)c(OC)c1)c1c(OCc2ccccc2)cc(OCc2ccccc2)c2c(=O)cc(-c3ccccc3)oc12. The molecule has 0 radical (unpaired) electrons. The molecule has 1 heterocycles. The third kappa shape index (κ3) is 7.62. The maximum Gasteiger partial charge on any atom is 0.197 e. The average molecular weight is 687 g/mol. The number of fused-ring (bicyclic) bond motifs is 1. The Morgan fingerprint density at radius 3 is 1.65 bits per heavy atom. The molecule has 258 valence electrons. The van der Waals surface area contributed by atoms with Gasteiger partial charge in [-0.1, -0.05) is 133 Å². The molecule has 0 spiro atoms. The molecular formula is C46H38O6. The van der Waals surface area contributed by atoms with Crippen molar-refractivity contribution in [1.82, 2.24) is 0 Å². The third-order valence-electron chi connectivity index (χ3n) is 8.83. The quantitative estimate of drug-likeness (QED) is 0.106. The van der Waals surface area contributed by atoms with Crippen LogP contribution in [-0.2, 0) is 19.8 Å². The van der Waals surface area contributed by atoms with Gasteiger partial charge in [0.1, 0.15) is 48.0 Å². The molecule has 6 aromatic carbocycles. The van der Waals surface area contributed by atoms with Crippen molar-refractivity contribution in [2.45, 2.75) is 25.7 Å². The summed E-state index contributed by atoms with van der Waals surface area (Å²) in [5, 5.41) is 0.319. The smallest absolute Gasteiger partial charge is 0.197 e. The Balaban J connectivity index is 1.39. The van der Waals surface area contributed by atoms with Gasteiger partial charge in [0.15, 0.2) is 16.9 Å². The van der Waals surface area contributed by atoms with Crippen LogP contribution in [0.1, 0.15) is 33.7 Å². The number of ether oxygens (including phenoxy) is 4. The van der Waals surface area contributed by atoms with Crippen molar-refractivity contribution >= 4 is 11.0 Å². The molecule has 0 amide bonds. The Morgan fingerprint density at radius 2 is 1.12 bits per heavy atom. The predicted molar refractivity (Wildman–Crippen MR) is 205 cm³/mol. The van der Waals surface area contributed by atoms with Crippen molar-refractivity contribution in [1.29, 1.82) is 0 Å². The molecule has 1 atom stereocenters. The third-order valence-corrected chi connectivity index (χ3v) is 8.83. The Morgan fingerprint density at radius 1 is 0.596 bits per heavy atom. The van der Waals surface area contributed by atoms with Gasteiger partial charge in [0.25, 0.3) is 0 Å². The van der Waals surface area contributed by atoms with Crippen molar-refractivity contribution in [3.8, 4) is 34.3 Å². The number of hydrogen-bond donors (Lipinski definition) is 0. The van der Waals surface area contributed by atoms with E-state index in [2.05, 4.69) is 6.58 Å². The lowest BCUT2D eigenvalue weighted by Crippen LogP contribution is -2.11.